The summed E-state index contributed by atoms with van der Waals surface area (Å²) in [6, 6.07) is 15.8. The van der Waals surface area contributed by atoms with Crippen molar-refractivity contribution in [3.63, 3.8) is 0 Å². The molecule has 6 rings (SSSR count). The Bertz CT molecular complexity index is 1950. The third-order valence-corrected chi connectivity index (χ3v) is 9.27. The fraction of sp³-hybridized carbons (Fsp3) is 0.472. The van der Waals surface area contributed by atoms with Gasteiger partial charge in [-0.25, -0.2) is 9.31 Å². The molecular formula is C36H44N6O5. The van der Waals surface area contributed by atoms with Crippen molar-refractivity contribution in [1.82, 2.24) is 29.3 Å². The maximum atomic E-state index is 14.5. The number of H-pyrrole nitrogens is 1. The van der Waals surface area contributed by atoms with Gasteiger partial charge in [0.2, 0.25) is 5.78 Å². The molecule has 11 heteroatoms. The normalized spacial score (nSPS) is 17.7. The number of aliphatic hydroxyl groups is 1. The lowest BCUT2D eigenvalue weighted by Gasteiger charge is -2.36. The van der Waals surface area contributed by atoms with Crippen molar-refractivity contribution in [3.8, 4) is 22.5 Å². The van der Waals surface area contributed by atoms with E-state index in [-0.39, 0.29) is 23.8 Å². The molecule has 1 unspecified atom stereocenters. The molecule has 0 bridgehead atoms. The molecule has 0 spiro atoms. The predicted octanol–water partition coefficient (Wildman–Crippen LogP) is 5.80. The molecule has 248 valence electrons. The van der Waals surface area contributed by atoms with Crippen LogP contribution >= 0.6 is 0 Å². The number of hydrogen-bond donors (Lipinski definition) is 2. The first-order valence-electron chi connectivity index (χ1n) is 16.7. The van der Waals surface area contributed by atoms with Crippen molar-refractivity contribution in [2.24, 2.45) is 0 Å². The molecule has 0 radical (unpaired) electrons. The minimum atomic E-state index is -0.906. The Kier molecular flexibility index (Phi) is 9.29. The summed E-state index contributed by atoms with van der Waals surface area (Å²) in [5, 5.41) is 19.2. The largest absolute Gasteiger partial charge is 0.439 e. The van der Waals surface area contributed by atoms with Gasteiger partial charge in [0.05, 0.1) is 23.5 Å². The molecule has 0 amide bonds. The summed E-state index contributed by atoms with van der Waals surface area (Å²) in [6.07, 6.45) is 5.77. The number of aromatic amines is 1. The fourth-order valence-electron chi connectivity index (χ4n) is 6.96. The average Bonchev–Trinajstić information content (AvgIpc) is 3.67. The number of rotatable bonds is 11. The molecule has 5 aromatic rings. The zero-order valence-electron chi connectivity index (χ0n) is 27.8. The van der Waals surface area contributed by atoms with Gasteiger partial charge in [-0.1, -0.05) is 74.0 Å². The highest BCUT2D eigenvalue weighted by molar-refractivity contribution is 5.80. The van der Waals surface area contributed by atoms with Gasteiger partial charge in [-0.05, 0) is 76.0 Å². The van der Waals surface area contributed by atoms with E-state index in [2.05, 4.69) is 17.1 Å². The molecule has 11 nitrogen and oxygen atoms in total. The molecule has 1 aliphatic rings. The zero-order valence-corrected chi connectivity index (χ0v) is 27.8. The number of ether oxygens (including phenoxy) is 1. The SMILES string of the molecule is CCCc1c(Cc2ccc(-c3ccccc3-c3noc(=O)[nH]3)cc2)c(=O)n(C2CCC(OC(CC)C(C)(C)O)CC2)c2nc(C)nn12. The second-order valence-electron chi connectivity index (χ2n) is 13.2. The first kappa shape index (κ1) is 32.6. The van der Waals surface area contributed by atoms with Crippen LogP contribution < -0.4 is 11.3 Å². The molecule has 0 saturated heterocycles. The van der Waals surface area contributed by atoms with Gasteiger partial charge < -0.3 is 9.84 Å². The van der Waals surface area contributed by atoms with Crippen LogP contribution in [0.25, 0.3) is 28.3 Å². The summed E-state index contributed by atoms with van der Waals surface area (Å²) < 4.78 is 14.9. The van der Waals surface area contributed by atoms with Gasteiger partial charge in [0.1, 0.15) is 5.82 Å². The van der Waals surface area contributed by atoms with Crippen molar-refractivity contribution in [3.05, 3.63) is 92.1 Å². The Hall–Kier alpha value is -4.35. The van der Waals surface area contributed by atoms with Crippen molar-refractivity contribution in [1.29, 1.82) is 0 Å². The molecule has 3 heterocycles. The Morgan fingerprint density at radius 1 is 1.04 bits per heavy atom. The van der Waals surface area contributed by atoms with Gasteiger partial charge in [0.25, 0.3) is 5.56 Å². The monoisotopic (exact) mass is 640 g/mol. The first-order chi connectivity index (χ1) is 22.6. The van der Waals surface area contributed by atoms with Crippen LogP contribution in [-0.4, -0.2) is 52.2 Å². The topological polar surface area (TPSA) is 141 Å². The third-order valence-electron chi connectivity index (χ3n) is 9.27. The van der Waals surface area contributed by atoms with Crippen LogP contribution in [0.5, 0.6) is 0 Å². The van der Waals surface area contributed by atoms with Crippen LogP contribution in [0.3, 0.4) is 0 Å². The molecular weight excluding hydrogens is 596 g/mol. The Morgan fingerprint density at radius 3 is 2.36 bits per heavy atom. The van der Waals surface area contributed by atoms with Gasteiger partial charge in [-0.3, -0.25) is 18.9 Å². The predicted molar refractivity (Wildman–Crippen MR) is 180 cm³/mol. The van der Waals surface area contributed by atoms with Crippen molar-refractivity contribution >= 4 is 5.78 Å². The van der Waals surface area contributed by atoms with E-state index in [9.17, 15) is 14.7 Å². The lowest BCUT2D eigenvalue weighted by atomic mass is 9.91. The van der Waals surface area contributed by atoms with E-state index < -0.39 is 11.4 Å². The highest BCUT2D eigenvalue weighted by Crippen LogP contribution is 2.34. The number of fused-ring (bicyclic) bond motifs is 1. The van der Waals surface area contributed by atoms with Crippen LogP contribution in [0.1, 0.15) is 94.9 Å². The van der Waals surface area contributed by atoms with E-state index in [1.54, 1.807) is 13.8 Å². The zero-order chi connectivity index (χ0) is 33.3. The Morgan fingerprint density at radius 2 is 1.74 bits per heavy atom. The van der Waals surface area contributed by atoms with Crippen molar-refractivity contribution in [2.45, 2.75) is 110 Å². The van der Waals surface area contributed by atoms with Crippen LogP contribution in [-0.2, 0) is 17.6 Å². The van der Waals surface area contributed by atoms with E-state index in [4.69, 9.17) is 19.3 Å². The molecule has 0 aliphatic heterocycles. The number of nitrogens with zero attached hydrogens (tertiary/aromatic N) is 5. The summed E-state index contributed by atoms with van der Waals surface area (Å²) in [5.74, 6) is 1.01. The lowest BCUT2D eigenvalue weighted by Crippen LogP contribution is -2.41. The molecule has 1 fully saturated rings. The number of nitrogens with one attached hydrogen (secondary N) is 1. The average molecular weight is 641 g/mol. The molecule has 2 N–H and O–H groups in total. The molecule has 1 aliphatic carbocycles. The van der Waals surface area contributed by atoms with Gasteiger partial charge in [0.15, 0.2) is 5.82 Å². The van der Waals surface area contributed by atoms with E-state index >= 15 is 0 Å². The van der Waals surface area contributed by atoms with Gasteiger partial charge in [-0.15, -0.1) is 0 Å². The molecule has 2 aromatic carbocycles. The van der Waals surface area contributed by atoms with Gasteiger partial charge in [0, 0.05) is 23.6 Å². The molecule has 3 aromatic heterocycles. The van der Waals surface area contributed by atoms with E-state index in [0.29, 0.717) is 30.3 Å². The van der Waals surface area contributed by atoms with Gasteiger partial charge in [-0.2, -0.15) is 10.1 Å². The summed E-state index contributed by atoms with van der Waals surface area (Å²) in [4.78, 5) is 33.5. The summed E-state index contributed by atoms with van der Waals surface area (Å²) in [7, 11) is 0. The molecule has 1 saturated carbocycles. The lowest BCUT2D eigenvalue weighted by molar-refractivity contribution is -0.128. The van der Waals surface area contributed by atoms with E-state index in [0.717, 1.165) is 72.0 Å². The quantitative estimate of drug-likeness (QED) is 0.185. The smallest absolute Gasteiger partial charge is 0.388 e. The van der Waals surface area contributed by atoms with Crippen molar-refractivity contribution < 1.29 is 14.4 Å². The number of aryl methyl sites for hydroxylation is 2. The third kappa shape index (κ3) is 6.73. The first-order valence-corrected chi connectivity index (χ1v) is 16.7. The summed E-state index contributed by atoms with van der Waals surface area (Å²) in [5.41, 5.74) is 4.36. The molecule has 47 heavy (non-hydrogen) atoms. The Labute approximate surface area is 273 Å². The van der Waals surface area contributed by atoms with Crippen LogP contribution in [0.4, 0.5) is 0 Å². The van der Waals surface area contributed by atoms with Crippen LogP contribution in [0.15, 0.2) is 62.6 Å². The van der Waals surface area contributed by atoms with E-state index in [1.165, 1.54) is 0 Å². The van der Waals surface area contributed by atoms with Crippen molar-refractivity contribution in [2.75, 3.05) is 0 Å². The van der Waals surface area contributed by atoms with Crippen LogP contribution in [0.2, 0.25) is 0 Å². The molecule has 1 atom stereocenters. The number of benzene rings is 2. The second kappa shape index (κ2) is 13.4. The van der Waals surface area contributed by atoms with Gasteiger partial charge >= 0.3 is 5.76 Å². The number of hydrogen-bond acceptors (Lipinski definition) is 8. The minimum absolute atomic E-state index is 0.00921. The second-order valence-corrected chi connectivity index (χ2v) is 13.2. The maximum absolute atomic E-state index is 14.5. The summed E-state index contributed by atoms with van der Waals surface area (Å²) in [6.45, 7) is 9.60. The van der Waals surface area contributed by atoms with E-state index in [1.807, 2.05) is 71.5 Å². The standard InChI is InChI=1S/C36H44N6O5/c1-6-10-30-29(21-23-13-15-24(16-14-23)27-11-8-9-12-28(27)32-38-35(44)47-40-32)33(43)41(34-37-22(3)39-42(30)34)25-17-19-26(20-18-25)46-31(7-2)36(4,5)45/h8-9,11-16,25-26,31,45H,6-7,10,17-21H2,1-5H3,(H,38,40,44). The Balaban J connectivity index is 1.31. The highest BCUT2D eigenvalue weighted by Gasteiger charge is 2.33. The highest BCUT2D eigenvalue weighted by atomic mass is 16.5. The minimum Gasteiger partial charge on any atom is -0.388 e. The number of aromatic nitrogens is 6. The maximum Gasteiger partial charge on any atom is 0.439 e. The van der Waals surface area contributed by atoms with Crippen LogP contribution in [0, 0.1) is 6.92 Å². The fourth-order valence-corrected chi connectivity index (χ4v) is 6.96. The summed E-state index contributed by atoms with van der Waals surface area (Å²) >= 11 is 0.